The van der Waals surface area contributed by atoms with E-state index in [4.69, 9.17) is 10.5 Å². The first-order chi connectivity index (χ1) is 8.29. The largest absolute Gasteiger partial charge is 0.497 e. The van der Waals surface area contributed by atoms with Crippen LogP contribution in [0.4, 0.5) is 11.4 Å². The summed E-state index contributed by atoms with van der Waals surface area (Å²) in [6.07, 6.45) is 1.77. The summed E-state index contributed by atoms with van der Waals surface area (Å²) < 4.78 is 5.09. The van der Waals surface area contributed by atoms with Crippen LogP contribution in [-0.4, -0.2) is 12.1 Å². The highest BCUT2D eigenvalue weighted by atomic mass is 16.5. The SMILES string of the molecule is COc1ccc(NCc2ccccn2)c(N)c1. The number of hydrogen-bond acceptors (Lipinski definition) is 4. The van der Waals surface area contributed by atoms with Gasteiger partial charge in [-0.15, -0.1) is 0 Å². The van der Waals surface area contributed by atoms with Crippen molar-refractivity contribution in [3.8, 4) is 5.75 Å². The van der Waals surface area contributed by atoms with Crippen molar-refractivity contribution in [2.24, 2.45) is 0 Å². The lowest BCUT2D eigenvalue weighted by Gasteiger charge is -2.10. The minimum absolute atomic E-state index is 0.650. The van der Waals surface area contributed by atoms with Crippen LogP contribution in [0.25, 0.3) is 0 Å². The molecule has 2 rings (SSSR count). The lowest BCUT2D eigenvalue weighted by atomic mass is 10.2. The Hall–Kier alpha value is -2.23. The van der Waals surface area contributed by atoms with Crippen LogP contribution in [0.15, 0.2) is 42.6 Å². The van der Waals surface area contributed by atoms with Crippen LogP contribution in [0.2, 0.25) is 0 Å². The van der Waals surface area contributed by atoms with Crippen molar-refractivity contribution in [3.63, 3.8) is 0 Å². The fourth-order valence-corrected chi connectivity index (χ4v) is 1.52. The molecule has 2 aromatic rings. The second-order valence-corrected chi connectivity index (χ2v) is 3.63. The number of nitrogens with one attached hydrogen (secondary N) is 1. The number of nitrogen functional groups attached to an aromatic ring is 1. The molecule has 17 heavy (non-hydrogen) atoms. The smallest absolute Gasteiger partial charge is 0.121 e. The molecule has 0 fully saturated rings. The molecular weight excluding hydrogens is 214 g/mol. The van der Waals surface area contributed by atoms with E-state index in [1.165, 1.54) is 0 Å². The standard InChI is InChI=1S/C13H15N3O/c1-17-11-5-6-13(12(14)8-11)16-9-10-4-2-3-7-15-10/h2-8,16H,9,14H2,1H3. The van der Waals surface area contributed by atoms with Crippen LogP contribution in [0, 0.1) is 0 Å². The Balaban J connectivity index is 2.04. The minimum Gasteiger partial charge on any atom is -0.497 e. The third kappa shape index (κ3) is 2.87. The number of hydrogen-bond donors (Lipinski definition) is 2. The van der Waals surface area contributed by atoms with Gasteiger partial charge in [-0.05, 0) is 24.3 Å². The average molecular weight is 229 g/mol. The van der Waals surface area contributed by atoms with Crippen LogP contribution in [-0.2, 0) is 6.54 Å². The first-order valence-electron chi connectivity index (χ1n) is 5.37. The van der Waals surface area contributed by atoms with E-state index < -0.39 is 0 Å². The van der Waals surface area contributed by atoms with Gasteiger partial charge in [0, 0.05) is 12.3 Å². The Morgan fingerprint density at radius 1 is 1.29 bits per heavy atom. The lowest BCUT2D eigenvalue weighted by molar-refractivity contribution is 0.415. The topological polar surface area (TPSA) is 60.2 Å². The van der Waals surface area contributed by atoms with Crippen molar-refractivity contribution >= 4 is 11.4 Å². The highest BCUT2D eigenvalue weighted by molar-refractivity contribution is 5.68. The first kappa shape index (κ1) is 11.3. The molecular formula is C13H15N3O. The van der Waals surface area contributed by atoms with E-state index in [1.54, 1.807) is 19.4 Å². The molecule has 0 aliphatic heterocycles. The fraction of sp³-hybridized carbons (Fsp3) is 0.154. The van der Waals surface area contributed by atoms with Crippen LogP contribution in [0.3, 0.4) is 0 Å². The van der Waals surface area contributed by atoms with E-state index in [9.17, 15) is 0 Å². The zero-order valence-electron chi connectivity index (χ0n) is 9.68. The van der Waals surface area contributed by atoms with E-state index in [0.29, 0.717) is 12.2 Å². The van der Waals surface area contributed by atoms with Gasteiger partial charge in [-0.2, -0.15) is 0 Å². The molecule has 1 heterocycles. The summed E-state index contributed by atoms with van der Waals surface area (Å²) in [6, 6.07) is 11.4. The van der Waals surface area contributed by atoms with Gasteiger partial charge < -0.3 is 15.8 Å². The van der Waals surface area contributed by atoms with Crippen molar-refractivity contribution in [1.82, 2.24) is 4.98 Å². The first-order valence-corrected chi connectivity index (χ1v) is 5.37. The number of nitrogens with two attached hydrogens (primary N) is 1. The molecule has 1 aromatic carbocycles. The second-order valence-electron chi connectivity index (χ2n) is 3.63. The summed E-state index contributed by atoms with van der Waals surface area (Å²) >= 11 is 0. The van der Waals surface area contributed by atoms with Crippen molar-refractivity contribution < 1.29 is 4.74 Å². The third-order valence-corrected chi connectivity index (χ3v) is 2.44. The van der Waals surface area contributed by atoms with Crippen LogP contribution in [0.1, 0.15) is 5.69 Å². The molecule has 4 heteroatoms. The summed E-state index contributed by atoms with van der Waals surface area (Å²) in [5, 5.41) is 3.24. The Labute approximate surface area is 100 Å². The molecule has 0 atom stereocenters. The Bertz CT molecular complexity index is 485. The molecule has 0 saturated heterocycles. The molecule has 0 radical (unpaired) electrons. The van der Waals surface area contributed by atoms with Crippen molar-refractivity contribution in [1.29, 1.82) is 0 Å². The molecule has 1 aromatic heterocycles. The van der Waals surface area contributed by atoms with Crippen molar-refractivity contribution in [2.45, 2.75) is 6.54 Å². The molecule has 0 amide bonds. The van der Waals surface area contributed by atoms with Gasteiger partial charge in [-0.3, -0.25) is 4.98 Å². The normalized spacial score (nSPS) is 9.94. The lowest BCUT2D eigenvalue weighted by Crippen LogP contribution is -2.03. The summed E-state index contributed by atoms with van der Waals surface area (Å²) in [4.78, 5) is 4.23. The molecule has 0 aliphatic carbocycles. The van der Waals surface area contributed by atoms with E-state index >= 15 is 0 Å². The van der Waals surface area contributed by atoms with E-state index in [-0.39, 0.29) is 0 Å². The zero-order valence-corrected chi connectivity index (χ0v) is 9.68. The predicted molar refractivity (Wildman–Crippen MR) is 69.0 cm³/mol. The summed E-state index contributed by atoms with van der Waals surface area (Å²) in [7, 11) is 1.62. The highest BCUT2D eigenvalue weighted by Gasteiger charge is 2.01. The second kappa shape index (κ2) is 5.21. The number of aromatic nitrogens is 1. The van der Waals surface area contributed by atoms with Crippen LogP contribution >= 0.6 is 0 Å². The Morgan fingerprint density at radius 3 is 2.82 bits per heavy atom. The van der Waals surface area contributed by atoms with E-state index in [2.05, 4.69) is 10.3 Å². The summed E-state index contributed by atoms with van der Waals surface area (Å²) in [5.41, 5.74) is 8.43. The van der Waals surface area contributed by atoms with Crippen molar-refractivity contribution in [2.75, 3.05) is 18.2 Å². The van der Waals surface area contributed by atoms with E-state index in [1.807, 2.05) is 30.3 Å². The Kier molecular flexibility index (Phi) is 3.45. The van der Waals surface area contributed by atoms with Gasteiger partial charge >= 0.3 is 0 Å². The molecule has 0 aliphatic rings. The highest BCUT2D eigenvalue weighted by Crippen LogP contribution is 2.24. The number of pyridine rings is 1. The van der Waals surface area contributed by atoms with Gasteiger partial charge in [-0.1, -0.05) is 6.07 Å². The van der Waals surface area contributed by atoms with Crippen LogP contribution in [0.5, 0.6) is 5.75 Å². The van der Waals surface area contributed by atoms with Crippen molar-refractivity contribution in [3.05, 3.63) is 48.3 Å². The van der Waals surface area contributed by atoms with E-state index in [0.717, 1.165) is 17.1 Å². The van der Waals surface area contributed by atoms with Gasteiger partial charge in [-0.25, -0.2) is 0 Å². The monoisotopic (exact) mass is 229 g/mol. The van der Waals surface area contributed by atoms with Gasteiger partial charge in [0.2, 0.25) is 0 Å². The summed E-state index contributed by atoms with van der Waals surface area (Å²) in [6.45, 7) is 0.650. The minimum atomic E-state index is 0.650. The quantitative estimate of drug-likeness (QED) is 0.790. The number of nitrogens with zero attached hydrogens (tertiary/aromatic N) is 1. The zero-order chi connectivity index (χ0) is 12.1. The number of anilines is 2. The van der Waals surface area contributed by atoms with Gasteiger partial charge in [0.15, 0.2) is 0 Å². The van der Waals surface area contributed by atoms with Gasteiger partial charge in [0.05, 0.1) is 30.7 Å². The molecule has 0 unspecified atom stereocenters. The number of rotatable bonds is 4. The number of ether oxygens (including phenoxy) is 1. The maximum atomic E-state index is 5.90. The number of methoxy groups -OCH3 is 1. The molecule has 0 bridgehead atoms. The Morgan fingerprint density at radius 2 is 2.18 bits per heavy atom. The molecule has 88 valence electrons. The van der Waals surface area contributed by atoms with Gasteiger partial charge in [0.25, 0.3) is 0 Å². The maximum absolute atomic E-state index is 5.90. The van der Waals surface area contributed by atoms with Gasteiger partial charge in [0.1, 0.15) is 5.75 Å². The predicted octanol–water partition coefficient (Wildman–Crippen LogP) is 2.28. The maximum Gasteiger partial charge on any atom is 0.121 e. The molecule has 3 N–H and O–H groups in total. The molecule has 4 nitrogen and oxygen atoms in total. The average Bonchev–Trinajstić information content (AvgIpc) is 2.38. The fourth-order valence-electron chi connectivity index (χ4n) is 1.52. The van der Waals surface area contributed by atoms with Crippen LogP contribution < -0.4 is 15.8 Å². The number of benzene rings is 1. The third-order valence-electron chi connectivity index (χ3n) is 2.44. The molecule has 0 saturated carbocycles. The summed E-state index contributed by atoms with van der Waals surface area (Å²) in [5.74, 6) is 0.755. The molecule has 0 spiro atoms.